The molecule has 6 nitrogen and oxygen atoms in total. The maximum atomic E-state index is 13.4. The van der Waals surface area contributed by atoms with E-state index < -0.39 is 29.4 Å². The normalized spacial score (nSPS) is 12.1. The molecule has 0 saturated heterocycles. The second kappa shape index (κ2) is 8.75. The van der Waals surface area contributed by atoms with Crippen LogP contribution in [0.25, 0.3) is 10.9 Å². The van der Waals surface area contributed by atoms with E-state index in [2.05, 4.69) is 5.32 Å². The van der Waals surface area contributed by atoms with Crippen molar-refractivity contribution in [1.29, 1.82) is 0 Å². The summed E-state index contributed by atoms with van der Waals surface area (Å²) in [6, 6.07) is 5.01. The summed E-state index contributed by atoms with van der Waals surface area (Å²) < 4.78 is 51.7. The van der Waals surface area contributed by atoms with E-state index in [0.717, 1.165) is 6.07 Å². The van der Waals surface area contributed by atoms with E-state index in [1.165, 1.54) is 22.8 Å². The van der Waals surface area contributed by atoms with Crippen molar-refractivity contribution in [2.24, 2.45) is 0 Å². The summed E-state index contributed by atoms with van der Waals surface area (Å²) in [5, 5.41) is 2.52. The highest BCUT2D eigenvalue weighted by Gasteiger charge is 2.34. The topological polar surface area (TPSA) is 69.6 Å². The molecule has 0 saturated carbocycles. The number of carbonyl (C=O) groups excluding carboxylic acids is 2. The molecule has 1 N–H and O–H groups in total. The molecule has 1 amide bonds. The molecule has 2 aromatic rings. The highest BCUT2D eigenvalue weighted by atomic mass is 19.4. The number of halogens is 3. The van der Waals surface area contributed by atoms with Gasteiger partial charge < -0.3 is 19.4 Å². The number of esters is 1. The Hall–Kier alpha value is -2.71. The van der Waals surface area contributed by atoms with Gasteiger partial charge in [-0.05, 0) is 52.3 Å². The average molecular weight is 414 g/mol. The molecule has 29 heavy (non-hydrogen) atoms. The Balaban J connectivity index is 2.25. The number of carbonyl (C=O) groups is 2. The SMILES string of the molecule is CCOC(=O)c1cc2c(C(F)(F)F)cccc2n1CCCNC(=O)OC(C)(C)C. The summed E-state index contributed by atoms with van der Waals surface area (Å²) in [5.41, 5.74) is -1.13. The van der Waals surface area contributed by atoms with Gasteiger partial charge in [-0.3, -0.25) is 0 Å². The summed E-state index contributed by atoms with van der Waals surface area (Å²) in [7, 11) is 0. The highest BCUT2D eigenvalue weighted by Crippen LogP contribution is 2.36. The maximum absolute atomic E-state index is 13.4. The van der Waals surface area contributed by atoms with Crippen molar-refractivity contribution in [3.8, 4) is 0 Å². The number of alkyl carbamates (subject to hydrolysis) is 1. The quantitative estimate of drug-likeness (QED) is 0.547. The Kier molecular flexibility index (Phi) is 6.81. The van der Waals surface area contributed by atoms with Crippen LogP contribution in [0, 0.1) is 0 Å². The van der Waals surface area contributed by atoms with E-state index in [0.29, 0.717) is 6.42 Å². The van der Waals surface area contributed by atoms with E-state index in [4.69, 9.17) is 9.47 Å². The number of nitrogens with zero attached hydrogens (tertiary/aromatic N) is 1. The van der Waals surface area contributed by atoms with Gasteiger partial charge in [0, 0.05) is 24.0 Å². The molecule has 0 aliphatic rings. The van der Waals surface area contributed by atoms with Gasteiger partial charge in [-0.25, -0.2) is 9.59 Å². The summed E-state index contributed by atoms with van der Waals surface area (Å²) >= 11 is 0. The summed E-state index contributed by atoms with van der Waals surface area (Å²) in [5.74, 6) is -0.697. The molecule has 0 unspecified atom stereocenters. The van der Waals surface area contributed by atoms with Gasteiger partial charge >= 0.3 is 18.2 Å². The van der Waals surface area contributed by atoms with Gasteiger partial charge in [0.2, 0.25) is 0 Å². The number of ether oxygens (including phenoxy) is 2. The van der Waals surface area contributed by atoms with Gasteiger partial charge in [-0.2, -0.15) is 13.2 Å². The number of aryl methyl sites for hydroxylation is 1. The van der Waals surface area contributed by atoms with Crippen LogP contribution in [0.5, 0.6) is 0 Å². The lowest BCUT2D eigenvalue weighted by molar-refractivity contribution is -0.136. The largest absolute Gasteiger partial charge is 0.461 e. The molecule has 0 radical (unpaired) electrons. The molecule has 2 rings (SSSR count). The third kappa shape index (κ3) is 5.88. The predicted molar refractivity (Wildman–Crippen MR) is 102 cm³/mol. The molecule has 1 aromatic carbocycles. The molecule has 0 atom stereocenters. The van der Waals surface area contributed by atoms with Gasteiger partial charge in [-0.15, -0.1) is 0 Å². The number of amides is 1. The van der Waals surface area contributed by atoms with Crippen LogP contribution in [0.2, 0.25) is 0 Å². The van der Waals surface area contributed by atoms with Crippen molar-refractivity contribution in [3.63, 3.8) is 0 Å². The predicted octanol–water partition coefficient (Wildman–Crippen LogP) is 4.75. The zero-order valence-corrected chi connectivity index (χ0v) is 16.9. The molecule has 160 valence electrons. The van der Waals surface area contributed by atoms with Gasteiger partial charge in [0.25, 0.3) is 0 Å². The van der Waals surface area contributed by atoms with E-state index >= 15 is 0 Å². The van der Waals surface area contributed by atoms with Crippen molar-refractivity contribution in [2.45, 2.75) is 52.4 Å². The van der Waals surface area contributed by atoms with Crippen molar-refractivity contribution in [2.75, 3.05) is 13.2 Å². The number of nitrogens with one attached hydrogen (secondary N) is 1. The van der Waals surface area contributed by atoms with E-state index in [1.807, 2.05) is 0 Å². The molecule has 0 aliphatic heterocycles. The molecule has 0 aliphatic carbocycles. The first-order valence-electron chi connectivity index (χ1n) is 9.27. The van der Waals surface area contributed by atoms with Gasteiger partial charge in [0.15, 0.2) is 0 Å². The molecule has 0 fully saturated rings. The third-order valence-electron chi connectivity index (χ3n) is 3.96. The van der Waals surface area contributed by atoms with Crippen molar-refractivity contribution in [3.05, 3.63) is 35.5 Å². The van der Waals surface area contributed by atoms with E-state index in [9.17, 15) is 22.8 Å². The molecule has 0 spiro atoms. The van der Waals surface area contributed by atoms with E-state index in [-0.39, 0.29) is 36.3 Å². The van der Waals surface area contributed by atoms with Crippen LogP contribution in [0.3, 0.4) is 0 Å². The Labute approximate surface area is 167 Å². The van der Waals surface area contributed by atoms with Crippen molar-refractivity contribution >= 4 is 23.0 Å². The third-order valence-corrected chi connectivity index (χ3v) is 3.96. The second-order valence-corrected chi connectivity index (χ2v) is 7.42. The van der Waals surface area contributed by atoms with Gasteiger partial charge in [0.1, 0.15) is 11.3 Å². The summed E-state index contributed by atoms with van der Waals surface area (Å²) in [6.07, 6.45) is -4.75. The van der Waals surface area contributed by atoms with Crippen LogP contribution in [-0.2, 0) is 22.2 Å². The van der Waals surface area contributed by atoms with Crippen LogP contribution in [-0.4, -0.2) is 35.4 Å². The molecule has 1 aromatic heterocycles. The van der Waals surface area contributed by atoms with Gasteiger partial charge in [-0.1, -0.05) is 6.07 Å². The lowest BCUT2D eigenvalue weighted by Crippen LogP contribution is -2.33. The van der Waals surface area contributed by atoms with Crippen LogP contribution in [0.1, 0.15) is 50.2 Å². The molecule has 0 bridgehead atoms. The number of hydrogen-bond acceptors (Lipinski definition) is 4. The average Bonchev–Trinajstić information content (AvgIpc) is 2.95. The maximum Gasteiger partial charge on any atom is 0.417 e. The minimum Gasteiger partial charge on any atom is -0.461 e. The number of fused-ring (bicyclic) bond motifs is 1. The number of benzene rings is 1. The lowest BCUT2D eigenvalue weighted by Gasteiger charge is -2.19. The number of hydrogen-bond donors (Lipinski definition) is 1. The fraction of sp³-hybridized carbons (Fsp3) is 0.500. The monoisotopic (exact) mass is 414 g/mol. The zero-order valence-electron chi connectivity index (χ0n) is 16.9. The Bertz CT molecular complexity index is 882. The number of rotatable bonds is 6. The Morgan fingerprint density at radius 1 is 1.17 bits per heavy atom. The van der Waals surface area contributed by atoms with Crippen LogP contribution in [0.15, 0.2) is 24.3 Å². The minimum absolute atomic E-state index is 0.0378. The first-order chi connectivity index (χ1) is 13.4. The molecular formula is C20H25F3N2O4. The molecule has 1 heterocycles. The second-order valence-electron chi connectivity index (χ2n) is 7.42. The van der Waals surface area contributed by atoms with Crippen molar-refractivity contribution in [1.82, 2.24) is 9.88 Å². The fourth-order valence-electron chi connectivity index (χ4n) is 2.89. The standard InChI is InChI=1S/C20H25F3N2O4/c1-5-28-17(26)16-12-13-14(20(21,22)23)8-6-9-15(13)25(16)11-7-10-24-18(27)29-19(2,3)4/h6,8-9,12H,5,7,10-11H2,1-4H3,(H,24,27). The van der Waals surface area contributed by atoms with Crippen LogP contribution < -0.4 is 5.32 Å². The van der Waals surface area contributed by atoms with Crippen LogP contribution >= 0.6 is 0 Å². The first kappa shape index (κ1) is 22.6. The number of aromatic nitrogens is 1. The van der Waals surface area contributed by atoms with Crippen LogP contribution in [0.4, 0.5) is 18.0 Å². The molecule has 9 heteroatoms. The smallest absolute Gasteiger partial charge is 0.417 e. The summed E-state index contributed by atoms with van der Waals surface area (Å²) in [4.78, 5) is 24.0. The molecular weight excluding hydrogens is 389 g/mol. The minimum atomic E-state index is -4.55. The van der Waals surface area contributed by atoms with E-state index in [1.54, 1.807) is 27.7 Å². The zero-order chi connectivity index (χ0) is 21.8. The van der Waals surface area contributed by atoms with Crippen molar-refractivity contribution < 1.29 is 32.2 Å². The Morgan fingerprint density at radius 3 is 2.45 bits per heavy atom. The first-order valence-corrected chi connectivity index (χ1v) is 9.27. The Morgan fingerprint density at radius 2 is 1.86 bits per heavy atom. The lowest BCUT2D eigenvalue weighted by atomic mass is 10.1. The fourth-order valence-corrected chi connectivity index (χ4v) is 2.89. The summed E-state index contributed by atoms with van der Waals surface area (Å²) in [6.45, 7) is 7.39. The number of alkyl halides is 3. The van der Waals surface area contributed by atoms with Gasteiger partial charge in [0.05, 0.1) is 12.2 Å². The highest BCUT2D eigenvalue weighted by molar-refractivity contribution is 5.97.